The molecule has 0 aromatic heterocycles. The van der Waals surface area contributed by atoms with E-state index >= 15 is 0 Å². The van der Waals surface area contributed by atoms with Gasteiger partial charge in [-0.05, 0) is 45.4 Å². The third kappa shape index (κ3) is 3.36. The summed E-state index contributed by atoms with van der Waals surface area (Å²) in [6.45, 7) is 7.03. The Morgan fingerprint density at radius 1 is 1.28 bits per heavy atom. The van der Waals surface area contributed by atoms with Crippen molar-refractivity contribution in [1.29, 1.82) is 0 Å². The van der Waals surface area contributed by atoms with Crippen LogP contribution in [0.5, 0.6) is 0 Å². The molecule has 1 aliphatic heterocycles. The van der Waals surface area contributed by atoms with Crippen molar-refractivity contribution >= 4 is 6.09 Å². The predicted octanol–water partition coefficient (Wildman–Crippen LogP) is 1.26. The minimum Gasteiger partial charge on any atom is -0.444 e. The first-order valence-corrected chi connectivity index (χ1v) is 6.68. The van der Waals surface area contributed by atoms with E-state index in [0.717, 1.165) is 12.8 Å². The summed E-state index contributed by atoms with van der Waals surface area (Å²) >= 11 is 0. The van der Waals surface area contributed by atoms with Crippen molar-refractivity contribution in [3.8, 4) is 0 Å². The number of hydrogen-bond acceptors (Lipinski definition) is 4. The molecule has 3 N–H and O–H groups in total. The zero-order valence-electron chi connectivity index (χ0n) is 11.4. The van der Waals surface area contributed by atoms with Gasteiger partial charge < -0.3 is 20.5 Å². The van der Waals surface area contributed by atoms with Gasteiger partial charge in [0, 0.05) is 12.1 Å². The van der Waals surface area contributed by atoms with E-state index in [-0.39, 0.29) is 18.2 Å². The minimum atomic E-state index is -0.450. The van der Waals surface area contributed by atoms with Crippen LogP contribution in [-0.2, 0) is 9.47 Å². The van der Waals surface area contributed by atoms with Crippen LogP contribution < -0.4 is 11.1 Å². The Hall–Kier alpha value is -0.810. The van der Waals surface area contributed by atoms with Crippen LogP contribution in [0.3, 0.4) is 0 Å². The highest BCUT2D eigenvalue weighted by molar-refractivity contribution is 5.68. The average Bonchev–Trinajstić information content (AvgIpc) is 2.16. The van der Waals surface area contributed by atoms with Gasteiger partial charge in [-0.2, -0.15) is 0 Å². The number of hydrogen-bond donors (Lipinski definition) is 2. The van der Waals surface area contributed by atoms with Gasteiger partial charge in [0.25, 0.3) is 0 Å². The van der Waals surface area contributed by atoms with Gasteiger partial charge in [-0.15, -0.1) is 0 Å². The van der Waals surface area contributed by atoms with Crippen LogP contribution >= 0.6 is 0 Å². The number of rotatable bonds is 1. The zero-order valence-corrected chi connectivity index (χ0v) is 11.4. The Kier molecular flexibility index (Phi) is 3.82. The highest BCUT2D eigenvalue weighted by Gasteiger charge is 2.39. The standard InChI is InChI=1S/C13H24N2O3/c1-13(2,3)18-12(16)15-10-4-8-6-17-7-9(5-10)11(8)14/h8-11H,4-7,14H2,1-3H3,(H,15,16)/t8-,9+,10?,11?. The molecule has 0 spiro atoms. The van der Waals surface area contributed by atoms with Crippen LogP contribution in [-0.4, -0.2) is 37.0 Å². The summed E-state index contributed by atoms with van der Waals surface area (Å²) in [4.78, 5) is 11.7. The number of carbonyl (C=O) groups excluding carboxylic acids is 1. The average molecular weight is 256 g/mol. The molecule has 1 amide bonds. The van der Waals surface area contributed by atoms with Gasteiger partial charge in [-0.1, -0.05) is 0 Å². The number of amides is 1. The Balaban J connectivity index is 1.86. The molecule has 1 saturated heterocycles. The number of alkyl carbamates (subject to hydrolysis) is 1. The molecule has 5 nitrogen and oxygen atoms in total. The van der Waals surface area contributed by atoms with E-state index in [2.05, 4.69) is 5.32 Å². The van der Waals surface area contributed by atoms with Crippen molar-refractivity contribution in [3.05, 3.63) is 0 Å². The van der Waals surface area contributed by atoms with Crippen LogP contribution in [0.4, 0.5) is 4.79 Å². The third-order valence-electron chi connectivity index (χ3n) is 3.65. The lowest BCUT2D eigenvalue weighted by Gasteiger charge is -2.43. The van der Waals surface area contributed by atoms with Gasteiger partial charge in [-0.25, -0.2) is 4.79 Å². The highest BCUT2D eigenvalue weighted by Crippen LogP contribution is 2.32. The SMILES string of the molecule is CC(C)(C)OC(=O)NC1C[C@H]2COC[C@@H](C1)C2N. The van der Waals surface area contributed by atoms with Crippen molar-refractivity contribution in [1.82, 2.24) is 5.32 Å². The summed E-state index contributed by atoms with van der Waals surface area (Å²) in [5, 5.41) is 2.95. The maximum atomic E-state index is 11.7. The largest absolute Gasteiger partial charge is 0.444 e. The molecule has 2 rings (SSSR count). The van der Waals surface area contributed by atoms with Gasteiger partial charge in [0.1, 0.15) is 5.60 Å². The van der Waals surface area contributed by atoms with Crippen LogP contribution in [0.25, 0.3) is 0 Å². The maximum Gasteiger partial charge on any atom is 0.407 e. The van der Waals surface area contributed by atoms with E-state index in [1.54, 1.807) is 0 Å². The first kappa shape index (κ1) is 13.6. The molecule has 2 unspecified atom stereocenters. The summed E-state index contributed by atoms with van der Waals surface area (Å²) < 4.78 is 10.8. The van der Waals surface area contributed by atoms with E-state index in [1.165, 1.54) is 0 Å². The van der Waals surface area contributed by atoms with Crippen LogP contribution in [0.15, 0.2) is 0 Å². The lowest BCUT2D eigenvalue weighted by molar-refractivity contribution is -0.0355. The second-order valence-electron chi connectivity index (χ2n) is 6.45. The van der Waals surface area contributed by atoms with Gasteiger partial charge in [-0.3, -0.25) is 0 Å². The molecular formula is C13H24N2O3. The van der Waals surface area contributed by atoms with Gasteiger partial charge in [0.15, 0.2) is 0 Å². The molecule has 2 fully saturated rings. The number of nitrogens with two attached hydrogens (primary N) is 1. The molecule has 2 aliphatic rings. The monoisotopic (exact) mass is 256 g/mol. The van der Waals surface area contributed by atoms with E-state index in [0.29, 0.717) is 25.0 Å². The quantitative estimate of drug-likeness (QED) is 0.741. The molecule has 0 aromatic carbocycles. The fraction of sp³-hybridized carbons (Fsp3) is 0.923. The summed E-state index contributed by atoms with van der Waals surface area (Å²) in [7, 11) is 0. The molecule has 2 bridgehead atoms. The van der Waals surface area contributed by atoms with Crippen molar-refractivity contribution in [2.75, 3.05) is 13.2 Å². The number of fused-ring (bicyclic) bond motifs is 2. The molecule has 1 aliphatic carbocycles. The van der Waals surface area contributed by atoms with Gasteiger partial charge >= 0.3 is 6.09 Å². The predicted molar refractivity (Wildman–Crippen MR) is 68.2 cm³/mol. The van der Waals surface area contributed by atoms with E-state index in [9.17, 15) is 4.79 Å². The maximum absolute atomic E-state index is 11.7. The highest BCUT2D eigenvalue weighted by atomic mass is 16.6. The van der Waals surface area contributed by atoms with E-state index < -0.39 is 5.60 Å². The van der Waals surface area contributed by atoms with Crippen molar-refractivity contribution in [2.45, 2.75) is 51.3 Å². The van der Waals surface area contributed by atoms with Crippen molar-refractivity contribution in [3.63, 3.8) is 0 Å². The van der Waals surface area contributed by atoms with Crippen LogP contribution in [0, 0.1) is 11.8 Å². The Bertz CT molecular complexity index is 300. The van der Waals surface area contributed by atoms with E-state index in [1.807, 2.05) is 20.8 Å². The molecule has 18 heavy (non-hydrogen) atoms. The third-order valence-corrected chi connectivity index (χ3v) is 3.65. The molecule has 0 aromatic rings. The fourth-order valence-electron chi connectivity index (χ4n) is 2.85. The topological polar surface area (TPSA) is 73.6 Å². The summed E-state index contributed by atoms with van der Waals surface area (Å²) in [5.41, 5.74) is 5.70. The minimum absolute atomic E-state index is 0.165. The Morgan fingerprint density at radius 3 is 2.33 bits per heavy atom. The fourth-order valence-corrected chi connectivity index (χ4v) is 2.85. The van der Waals surface area contributed by atoms with Crippen LogP contribution in [0.1, 0.15) is 33.6 Å². The lowest BCUT2D eigenvalue weighted by atomic mass is 9.74. The van der Waals surface area contributed by atoms with E-state index in [4.69, 9.17) is 15.2 Å². The molecule has 104 valence electrons. The Morgan fingerprint density at radius 2 is 1.83 bits per heavy atom. The van der Waals surface area contributed by atoms with Crippen molar-refractivity contribution < 1.29 is 14.3 Å². The number of nitrogens with one attached hydrogen (secondary N) is 1. The molecule has 1 saturated carbocycles. The lowest BCUT2D eigenvalue weighted by Crippen LogP contribution is -2.55. The molecular weight excluding hydrogens is 232 g/mol. The summed E-state index contributed by atoms with van der Waals surface area (Å²) in [6, 6.07) is 0.383. The zero-order chi connectivity index (χ0) is 13.3. The molecule has 1 heterocycles. The molecule has 5 heteroatoms. The molecule has 0 radical (unpaired) electrons. The van der Waals surface area contributed by atoms with Crippen LogP contribution in [0.2, 0.25) is 0 Å². The first-order valence-electron chi connectivity index (χ1n) is 6.68. The number of ether oxygens (including phenoxy) is 2. The first-order chi connectivity index (χ1) is 8.35. The smallest absolute Gasteiger partial charge is 0.407 e. The second kappa shape index (κ2) is 5.05. The normalized spacial score (nSPS) is 36.0. The number of carbonyl (C=O) groups is 1. The van der Waals surface area contributed by atoms with Gasteiger partial charge in [0.2, 0.25) is 0 Å². The Labute approximate surface area is 108 Å². The van der Waals surface area contributed by atoms with Crippen molar-refractivity contribution in [2.24, 2.45) is 17.6 Å². The van der Waals surface area contributed by atoms with Gasteiger partial charge in [0.05, 0.1) is 13.2 Å². The molecule has 4 atom stereocenters. The second-order valence-corrected chi connectivity index (χ2v) is 6.45. The summed E-state index contributed by atoms with van der Waals surface area (Å²) in [6.07, 6.45) is 1.44. The summed E-state index contributed by atoms with van der Waals surface area (Å²) in [5.74, 6) is 0.717.